The third kappa shape index (κ3) is 3.30. The van der Waals surface area contributed by atoms with Crippen LogP contribution in [0.3, 0.4) is 0 Å². The van der Waals surface area contributed by atoms with E-state index in [1.165, 1.54) is 4.88 Å². The first-order chi connectivity index (χ1) is 8.16. The van der Waals surface area contributed by atoms with Crippen molar-refractivity contribution in [3.63, 3.8) is 0 Å². The van der Waals surface area contributed by atoms with Gasteiger partial charge >= 0.3 is 0 Å². The van der Waals surface area contributed by atoms with Gasteiger partial charge in [0.1, 0.15) is 0 Å². The average Bonchev–Trinajstić information content (AvgIpc) is 2.76. The lowest BCUT2D eigenvalue weighted by molar-refractivity contribution is -0.136. The van der Waals surface area contributed by atoms with Crippen molar-refractivity contribution in [3.05, 3.63) is 22.4 Å². The Hall–Kier alpha value is -0.870. The van der Waals surface area contributed by atoms with Crippen LogP contribution in [-0.2, 0) is 11.3 Å². The molecule has 4 heteroatoms. The highest BCUT2D eigenvalue weighted by Crippen LogP contribution is 2.18. The fraction of sp³-hybridized carbons (Fsp3) is 0.615. The van der Waals surface area contributed by atoms with Gasteiger partial charge in [-0.3, -0.25) is 4.79 Å². The zero-order valence-electron chi connectivity index (χ0n) is 10.5. The van der Waals surface area contributed by atoms with Crippen LogP contribution in [0, 0.1) is 0 Å². The van der Waals surface area contributed by atoms with E-state index in [2.05, 4.69) is 30.6 Å². The third-order valence-electron chi connectivity index (χ3n) is 2.99. The van der Waals surface area contributed by atoms with Crippen LogP contribution in [0.1, 0.15) is 31.6 Å². The third-order valence-corrected chi connectivity index (χ3v) is 3.85. The number of rotatable bonds is 4. The van der Waals surface area contributed by atoms with Crippen LogP contribution in [0.5, 0.6) is 0 Å². The van der Waals surface area contributed by atoms with E-state index in [-0.39, 0.29) is 11.9 Å². The fourth-order valence-electron chi connectivity index (χ4n) is 2.24. The number of nitrogens with one attached hydrogen (secondary N) is 1. The van der Waals surface area contributed by atoms with Crippen molar-refractivity contribution >= 4 is 17.2 Å². The summed E-state index contributed by atoms with van der Waals surface area (Å²) >= 11 is 1.72. The van der Waals surface area contributed by atoms with Crippen molar-refractivity contribution in [2.75, 3.05) is 6.54 Å². The topological polar surface area (TPSA) is 32.3 Å². The second kappa shape index (κ2) is 5.65. The lowest BCUT2D eigenvalue weighted by Crippen LogP contribution is -2.51. The molecule has 1 atom stereocenters. The van der Waals surface area contributed by atoms with Crippen molar-refractivity contribution in [1.82, 2.24) is 10.2 Å². The van der Waals surface area contributed by atoms with Crippen LogP contribution < -0.4 is 5.32 Å². The Labute approximate surface area is 107 Å². The summed E-state index contributed by atoms with van der Waals surface area (Å²) < 4.78 is 0. The SMILES string of the molecule is CC(C)NC1CCCN(Cc2cccs2)C1=O. The molecule has 0 aromatic carbocycles. The van der Waals surface area contributed by atoms with Gasteiger partial charge in [-0.15, -0.1) is 11.3 Å². The molecule has 1 fully saturated rings. The summed E-state index contributed by atoms with van der Waals surface area (Å²) in [5.41, 5.74) is 0. The number of nitrogens with zero attached hydrogens (tertiary/aromatic N) is 1. The van der Waals surface area contributed by atoms with Gasteiger partial charge in [0.05, 0.1) is 12.6 Å². The van der Waals surface area contributed by atoms with Crippen LogP contribution in [0.25, 0.3) is 0 Å². The molecule has 1 unspecified atom stereocenters. The van der Waals surface area contributed by atoms with Crippen LogP contribution in [0.15, 0.2) is 17.5 Å². The van der Waals surface area contributed by atoms with Gasteiger partial charge in [0.25, 0.3) is 0 Å². The van der Waals surface area contributed by atoms with Crippen molar-refractivity contribution in [2.24, 2.45) is 0 Å². The summed E-state index contributed by atoms with van der Waals surface area (Å²) in [6.07, 6.45) is 2.07. The molecule has 1 aliphatic rings. The lowest BCUT2D eigenvalue weighted by Gasteiger charge is -2.33. The maximum Gasteiger partial charge on any atom is 0.240 e. The highest BCUT2D eigenvalue weighted by molar-refractivity contribution is 7.09. The highest BCUT2D eigenvalue weighted by Gasteiger charge is 2.28. The van der Waals surface area contributed by atoms with Crippen molar-refractivity contribution in [3.8, 4) is 0 Å². The second-order valence-electron chi connectivity index (χ2n) is 4.86. The van der Waals surface area contributed by atoms with E-state index in [4.69, 9.17) is 0 Å². The van der Waals surface area contributed by atoms with Gasteiger partial charge in [0.2, 0.25) is 5.91 Å². The second-order valence-corrected chi connectivity index (χ2v) is 5.89. The number of amides is 1. The maximum atomic E-state index is 12.3. The smallest absolute Gasteiger partial charge is 0.240 e. The summed E-state index contributed by atoms with van der Waals surface area (Å²) in [6, 6.07) is 4.52. The van der Waals surface area contributed by atoms with E-state index in [0.29, 0.717) is 6.04 Å². The van der Waals surface area contributed by atoms with Crippen molar-refractivity contribution < 1.29 is 4.79 Å². The van der Waals surface area contributed by atoms with Crippen LogP contribution in [0.2, 0.25) is 0 Å². The van der Waals surface area contributed by atoms with Crippen LogP contribution >= 0.6 is 11.3 Å². The van der Waals surface area contributed by atoms with Gasteiger partial charge in [0, 0.05) is 17.5 Å². The zero-order chi connectivity index (χ0) is 12.3. The molecule has 1 aromatic rings. The Bertz CT molecular complexity index is 362. The normalized spacial score (nSPS) is 21.2. The first kappa shape index (κ1) is 12.6. The predicted octanol–water partition coefficient (Wildman–Crippen LogP) is 2.24. The van der Waals surface area contributed by atoms with E-state index in [1.54, 1.807) is 11.3 Å². The van der Waals surface area contributed by atoms with Gasteiger partial charge in [0.15, 0.2) is 0 Å². The van der Waals surface area contributed by atoms with Crippen LogP contribution in [-0.4, -0.2) is 29.4 Å². The number of carbonyl (C=O) groups excluding carboxylic acids is 1. The highest BCUT2D eigenvalue weighted by atomic mass is 32.1. The minimum atomic E-state index is 0.0173. The Morgan fingerprint density at radius 3 is 3.06 bits per heavy atom. The summed E-state index contributed by atoms with van der Waals surface area (Å²) in [5.74, 6) is 0.262. The Morgan fingerprint density at radius 2 is 2.41 bits per heavy atom. The monoisotopic (exact) mass is 252 g/mol. The van der Waals surface area contributed by atoms with Gasteiger partial charge in [-0.05, 0) is 24.3 Å². The van der Waals surface area contributed by atoms with E-state index >= 15 is 0 Å². The van der Waals surface area contributed by atoms with Crippen LogP contribution in [0.4, 0.5) is 0 Å². The molecule has 0 aliphatic carbocycles. The molecule has 1 saturated heterocycles. The maximum absolute atomic E-state index is 12.3. The molecule has 3 nitrogen and oxygen atoms in total. The standard InChI is InChI=1S/C13H20N2OS/c1-10(2)14-12-6-3-7-15(13(12)16)9-11-5-4-8-17-11/h4-5,8,10,12,14H,3,6-7,9H2,1-2H3. The summed E-state index contributed by atoms with van der Waals surface area (Å²) in [5, 5.41) is 5.42. The molecule has 1 aromatic heterocycles. The molecular formula is C13H20N2OS. The number of hydrogen-bond donors (Lipinski definition) is 1. The molecule has 0 saturated carbocycles. The minimum absolute atomic E-state index is 0.0173. The largest absolute Gasteiger partial charge is 0.336 e. The molecule has 2 heterocycles. The van der Waals surface area contributed by atoms with E-state index in [9.17, 15) is 4.79 Å². The molecule has 1 N–H and O–H groups in total. The quantitative estimate of drug-likeness (QED) is 0.891. The Morgan fingerprint density at radius 1 is 1.59 bits per heavy atom. The molecular weight excluding hydrogens is 232 g/mol. The molecule has 0 radical (unpaired) electrons. The molecule has 17 heavy (non-hydrogen) atoms. The first-order valence-electron chi connectivity index (χ1n) is 6.24. The van der Waals surface area contributed by atoms with Gasteiger partial charge < -0.3 is 10.2 Å². The molecule has 0 spiro atoms. The number of thiophene rings is 1. The lowest BCUT2D eigenvalue weighted by atomic mass is 10.0. The van der Waals surface area contributed by atoms with E-state index in [0.717, 1.165) is 25.9 Å². The number of hydrogen-bond acceptors (Lipinski definition) is 3. The predicted molar refractivity (Wildman–Crippen MR) is 71.0 cm³/mol. The molecule has 94 valence electrons. The van der Waals surface area contributed by atoms with E-state index < -0.39 is 0 Å². The van der Waals surface area contributed by atoms with E-state index in [1.807, 2.05) is 11.0 Å². The average molecular weight is 252 g/mol. The van der Waals surface area contributed by atoms with Gasteiger partial charge in [-0.1, -0.05) is 19.9 Å². The summed E-state index contributed by atoms with van der Waals surface area (Å²) in [4.78, 5) is 15.5. The molecule has 1 amide bonds. The molecule has 2 rings (SSSR count). The van der Waals surface area contributed by atoms with Crippen molar-refractivity contribution in [1.29, 1.82) is 0 Å². The van der Waals surface area contributed by atoms with Crippen molar-refractivity contribution in [2.45, 2.75) is 45.3 Å². The zero-order valence-corrected chi connectivity index (χ0v) is 11.3. The summed E-state index contributed by atoms with van der Waals surface area (Å²) in [7, 11) is 0. The number of carbonyl (C=O) groups is 1. The Balaban J connectivity index is 1.96. The molecule has 0 bridgehead atoms. The fourth-order valence-corrected chi connectivity index (χ4v) is 2.96. The molecule has 1 aliphatic heterocycles. The van der Waals surface area contributed by atoms with Gasteiger partial charge in [-0.2, -0.15) is 0 Å². The Kier molecular flexibility index (Phi) is 4.18. The number of likely N-dealkylation sites (tertiary alicyclic amines) is 1. The first-order valence-corrected chi connectivity index (χ1v) is 7.12. The number of piperidine rings is 1. The summed E-state index contributed by atoms with van der Waals surface area (Å²) in [6.45, 7) is 5.84. The minimum Gasteiger partial charge on any atom is -0.336 e. The van der Waals surface area contributed by atoms with Gasteiger partial charge in [-0.25, -0.2) is 0 Å².